The molecule has 0 radical (unpaired) electrons. The Morgan fingerprint density at radius 2 is 1.82 bits per heavy atom. The van der Waals surface area contributed by atoms with Crippen molar-refractivity contribution >= 4 is 5.97 Å². The molecule has 0 aromatic heterocycles. The van der Waals surface area contributed by atoms with Crippen LogP contribution in [-0.2, 0) is 14.3 Å². The third kappa shape index (κ3) is 5.07. The molecule has 0 amide bonds. The van der Waals surface area contributed by atoms with Crippen molar-refractivity contribution in [2.45, 2.75) is 46.0 Å². The minimum atomic E-state index is -0.0625. The first-order chi connectivity index (χ1) is 8.15. The fraction of sp³-hybridized carbons (Fsp3) is 0.929. The molecule has 1 atom stereocenters. The van der Waals surface area contributed by atoms with Crippen LogP contribution in [0.25, 0.3) is 0 Å². The van der Waals surface area contributed by atoms with Crippen LogP contribution < -0.4 is 0 Å². The molecule has 1 aliphatic rings. The lowest BCUT2D eigenvalue weighted by atomic mass is 9.80. The van der Waals surface area contributed by atoms with E-state index < -0.39 is 0 Å². The standard InChI is InChI=1S/C14H26O3/c1-11(2)9-17-14(15)13(10-16-3)12-7-5-4-6-8-12/h11-13H,4-10H2,1-3H3. The smallest absolute Gasteiger partial charge is 0.311 e. The Kier molecular flexibility index (Phi) is 6.56. The molecule has 0 aliphatic heterocycles. The lowest BCUT2D eigenvalue weighted by Crippen LogP contribution is -2.31. The van der Waals surface area contributed by atoms with Crippen molar-refractivity contribution in [1.29, 1.82) is 0 Å². The zero-order chi connectivity index (χ0) is 12.7. The number of carbonyl (C=O) groups is 1. The van der Waals surface area contributed by atoms with Crippen LogP contribution in [0.15, 0.2) is 0 Å². The molecule has 100 valence electrons. The van der Waals surface area contributed by atoms with E-state index in [1.807, 2.05) is 0 Å². The number of ether oxygens (including phenoxy) is 2. The van der Waals surface area contributed by atoms with Gasteiger partial charge in [-0.25, -0.2) is 0 Å². The minimum absolute atomic E-state index is 0.0564. The summed E-state index contributed by atoms with van der Waals surface area (Å²) in [6.07, 6.45) is 6.07. The monoisotopic (exact) mass is 242 g/mol. The van der Waals surface area contributed by atoms with Gasteiger partial charge in [0.05, 0.1) is 19.1 Å². The Hall–Kier alpha value is -0.570. The van der Waals surface area contributed by atoms with Gasteiger partial charge in [0.15, 0.2) is 0 Å². The highest BCUT2D eigenvalue weighted by Gasteiger charge is 2.30. The highest BCUT2D eigenvalue weighted by Crippen LogP contribution is 2.31. The summed E-state index contributed by atoms with van der Waals surface area (Å²) < 4.78 is 10.5. The molecule has 17 heavy (non-hydrogen) atoms. The molecule has 1 aliphatic carbocycles. The highest BCUT2D eigenvalue weighted by molar-refractivity contribution is 5.73. The van der Waals surface area contributed by atoms with Crippen molar-refractivity contribution in [3.8, 4) is 0 Å². The van der Waals surface area contributed by atoms with Crippen molar-refractivity contribution in [2.24, 2.45) is 17.8 Å². The normalized spacial score (nSPS) is 19.3. The average Bonchev–Trinajstić information content (AvgIpc) is 2.34. The van der Waals surface area contributed by atoms with E-state index in [2.05, 4.69) is 13.8 Å². The SMILES string of the molecule is COCC(C(=O)OCC(C)C)C1CCCCC1. The molecule has 0 bridgehead atoms. The predicted molar refractivity (Wildman–Crippen MR) is 67.7 cm³/mol. The molecule has 0 saturated heterocycles. The number of hydrogen-bond donors (Lipinski definition) is 0. The zero-order valence-corrected chi connectivity index (χ0v) is 11.4. The van der Waals surface area contributed by atoms with Crippen molar-refractivity contribution < 1.29 is 14.3 Å². The van der Waals surface area contributed by atoms with E-state index in [4.69, 9.17) is 9.47 Å². The van der Waals surface area contributed by atoms with Crippen molar-refractivity contribution in [3.63, 3.8) is 0 Å². The van der Waals surface area contributed by atoms with Crippen LogP contribution in [0.1, 0.15) is 46.0 Å². The lowest BCUT2D eigenvalue weighted by Gasteiger charge is -2.28. The van der Waals surface area contributed by atoms with E-state index in [-0.39, 0.29) is 11.9 Å². The van der Waals surface area contributed by atoms with Crippen LogP contribution in [0.5, 0.6) is 0 Å². The van der Waals surface area contributed by atoms with Gasteiger partial charge in [-0.05, 0) is 24.7 Å². The summed E-state index contributed by atoms with van der Waals surface area (Å²) in [6, 6.07) is 0. The summed E-state index contributed by atoms with van der Waals surface area (Å²) in [7, 11) is 1.66. The van der Waals surface area contributed by atoms with Crippen LogP contribution in [0.3, 0.4) is 0 Å². The maximum Gasteiger partial charge on any atom is 0.311 e. The second kappa shape index (κ2) is 7.70. The molecule has 1 fully saturated rings. The Bertz CT molecular complexity index is 220. The molecule has 0 aromatic carbocycles. The molecule has 1 rings (SSSR count). The number of methoxy groups -OCH3 is 1. The van der Waals surface area contributed by atoms with Gasteiger partial charge in [-0.3, -0.25) is 4.79 Å². The van der Waals surface area contributed by atoms with Crippen LogP contribution in [0.4, 0.5) is 0 Å². The van der Waals surface area contributed by atoms with Crippen LogP contribution in [0.2, 0.25) is 0 Å². The first-order valence-electron chi connectivity index (χ1n) is 6.80. The first-order valence-corrected chi connectivity index (χ1v) is 6.80. The van der Waals surface area contributed by atoms with E-state index in [9.17, 15) is 4.79 Å². The molecule has 0 spiro atoms. The van der Waals surface area contributed by atoms with Gasteiger partial charge in [0.2, 0.25) is 0 Å². The number of hydrogen-bond acceptors (Lipinski definition) is 3. The second-order valence-electron chi connectivity index (χ2n) is 5.48. The third-order valence-electron chi connectivity index (χ3n) is 3.43. The van der Waals surface area contributed by atoms with E-state index in [1.54, 1.807) is 7.11 Å². The van der Waals surface area contributed by atoms with Gasteiger partial charge in [0, 0.05) is 7.11 Å². The first kappa shape index (κ1) is 14.5. The van der Waals surface area contributed by atoms with Crippen molar-refractivity contribution in [2.75, 3.05) is 20.3 Å². The van der Waals surface area contributed by atoms with E-state index in [0.29, 0.717) is 25.0 Å². The summed E-state index contributed by atoms with van der Waals surface area (Å²) in [4.78, 5) is 12.0. The summed E-state index contributed by atoms with van der Waals surface area (Å²) >= 11 is 0. The summed E-state index contributed by atoms with van der Waals surface area (Å²) in [6.45, 7) is 5.13. The van der Waals surface area contributed by atoms with Crippen molar-refractivity contribution in [1.82, 2.24) is 0 Å². The molecule has 0 N–H and O–H groups in total. The molecular formula is C14H26O3. The number of carbonyl (C=O) groups excluding carboxylic acids is 1. The van der Waals surface area contributed by atoms with Gasteiger partial charge in [-0.15, -0.1) is 0 Å². The lowest BCUT2D eigenvalue weighted by molar-refractivity contribution is -0.154. The highest BCUT2D eigenvalue weighted by atomic mass is 16.5. The fourth-order valence-corrected chi connectivity index (χ4v) is 2.47. The Morgan fingerprint density at radius 1 is 1.18 bits per heavy atom. The van der Waals surface area contributed by atoms with Crippen LogP contribution >= 0.6 is 0 Å². The summed E-state index contributed by atoms with van der Waals surface area (Å²) in [5, 5.41) is 0. The molecular weight excluding hydrogens is 216 g/mol. The van der Waals surface area contributed by atoms with Gasteiger partial charge >= 0.3 is 5.97 Å². The third-order valence-corrected chi connectivity index (χ3v) is 3.43. The maximum absolute atomic E-state index is 12.0. The number of esters is 1. The molecule has 0 aromatic rings. The minimum Gasteiger partial charge on any atom is -0.465 e. The topological polar surface area (TPSA) is 35.5 Å². The molecule has 0 heterocycles. The van der Waals surface area contributed by atoms with Gasteiger partial charge in [-0.2, -0.15) is 0 Å². The van der Waals surface area contributed by atoms with E-state index in [1.165, 1.54) is 19.3 Å². The predicted octanol–water partition coefficient (Wildman–Crippen LogP) is 3.03. The van der Waals surface area contributed by atoms with Gasteiger partial charge in [-0.1, -0.05) is 33.1 Å². The Labute approximate surface area is 105 Å². The molecule has 3 heteroatoms. The maximum atomic E-state index is 12.0. The van der Waals surface area contributed by atoms with Crippen molar-refractivity contribution in [3.05, 3.63) is 0 Å². The largest absolute Gasteiger partial charge is 0.465 e. The van der Waals surface area contributed by atoms with Crippen LogP contribution in [-0.4, -0.2) is 26.3 Å². The van der Waals surface area contributed by atoms with Gasteiger partial charge in [0.25, 0.3) is 0 Å². The quantitative estimate of drug-likeness (QED) is 0.672. The molecule has 1 saturated carbocycles. The Morgan fingerprint density at radius 3 is 2.35 bits per heavy atom. The second-order valence-corrected chi connectivity index (χ2v) is 5.48. The Balaban J connectivity index is 2.47. The number of rotatable bonds is 6. The van der Waals surface area contributed by atoms with E-state index in [0.717, 1.165) is 12.8 Å². The molecule has 3 nitrogen and oxygen atoms in total. The fourth-order valence-electron chi connectivity index (χ4n) is 2.47. The van der Waals surface area contributed by atoms with Gasteiger partial charge in [0.1, 0.15) is 0 Å². The molecule has 1 unspecified atom stereocenters. The summed E-state index contributed by atoms with van der Waals surface area (Å²) in [5.41, 5.74) is 0. The zero-order valence-electron chi connectivity index (χ0n) is 11.4. The average molecular weight is 242 g/mol. The summed E-state index contributed by atoms with van der Waals surface area (Å²) in [5.74, 6) is 0.739. The van der Waals surface area contributed by atoms with E-state index >= 15 is 0 Å². The van der Waals surface area contributed by atoms with Gasteiger partial charge < -0.3 is 9.47 Å². The van der Waals surface area contributed by atoms with Crippen LogP contribution in [0, 0.1) is 17.8 Å².